The Hall–Kier alpha value is -2.48. The van der Waals surface area contributed by atoms with Gasteiger partial charge in [0.05, 0.1) is 18.1 Å². The van der Waals surface area contributed by atoms with Gasteiger partial charge in [0.2, 0.25) is 11.8 Å². The van der Waals surface area contributed by atoms with E-state index in [9.17, 15) is 9.90 Å². The topological polar surface area (TPSA) is 102 Å². The normalized spacial score (nSPS) is 23.8. The lowest BCUT2D eigenvalue weighted by atomic mass is 9.59. The predicted octanol–water partition coefficient (Wildman–Crippen LogP) is 4.06. The van der Waals surface area contributed by atoms with Gasteiger partial charge in [-0.1, -0.05) is 32.9 Å². The fourth-order valence-electron chi connectivity index (χ4n) is 6.21. The molecule has 0 aromatic carbocycles. The number of hydrogen-bond donors (Lipinski definition) is 1. The minimum absolute atomic E-state index is 0.00583. The van der Waals surface area contributed by atoms with Crippen LogP contribution in [0.2, 0.25) is 0 Å². The highest BCUT2D eigenvalue weighted by Gasteiger charge is 2.48. The molecule has 0 spiro atoms. The van der Waals surface area contributed by atoms with Crippen LogP contribution in [0.15, 0.2) is 29.2 Å². The number of hydrogen-bond acceptors (Lipinski definition) is 7. The van der Waals surface area contributed by atoms with Crippen molar-refractivity contribution < 1.29 is 19.2 Å². The second-order valence-electron chi connectivity index (χ2n) is 11.1. The van der Waals surface area contributed by atoms with E-state index in [1.54, 1.807) is 12.3 Å². The molecule has 1 amide bonds. The van der Waals surface area contributed by atoms with Crippen molar-refractivity contribution >= 4 is 5.91 Å². The molecule has 2 aliphatic rings. The van der Waals surface area contributed by atoms with Crippen molar-refractivity contribution in [3.05, 3.63) is 36.1 Å². The zero-order valence-electron chi connectivity index (χ0n) is 19.5. The van der Waals surface area contributed by atoms with E-state index < -0.39 is 5.60 Å². The number of nitrogens with zero attached hydrogens (tertiary/aromatic N) is 4. The second kappa shape index (κ2) is 8.46. The fraction of sp³-hybridized carbons (Fsp3) is 0.667. The first-order chi connectivity index (χ1) is 15.0. The molecule has 8 heteroatoms. The maximum absolute atomic E-state index is 13.3. The molecule has 1 N–H and O–H groups in total. The Morgan fingerprint density at radius 3 is 2.69 bits per heavy atom. The van der Waals surface area contributed by atoms with Gasteiger partial charge in [-0.05, 0) is 42.9 Å². The molecule has 0 bridgehead atoms. The summed E-state index contributed by atoms with van der Waals surface area (Å²) < 4.78 is 11.0. The highest BCUT2D eigenvalue weighted by Crippen LogP contribution is 2.51. The summed E-state index contributed by atoms with van der Waals surface area (Å²) in [6.07, 6.45) is 7.25. The molecule has 0 radical (unpaired) electrons. The second-order valence-corrected chi connectivity index (χ2v) is 11.1. The SMILES string of the molecule is CC1(C)CC(C)(C)CC(O)(CC(=O)N2CCCC2c2cc(COc3ccncn3)on2)C1. The van der Waals surface area contributed by atoms with Crippen molar-refractivity contribution in [1.82, 2.24) is 20.0 Å². The third kappa shape index (κ3) is 5.28. The summed E-state index contributed by atoms with van der Waals surface area (Å²) in [4.78, 5) is 23.1. The molecule has 8 nitrogen and oxygen atoms in total. The average Bonchev–Trinajstić information content (AvgIpc) is 3.33. The van der Waals surface area contributed by atoms with E-state index in [-0.39, 0.29) is 35.8 Å². The van der Waals surface area contributed by atoms with Crippen LogP contribution in [0.1, 0.15) is 83.7 Å². The van der Waals surface area contributed by atoms with Crippen LogP contribution in [0, 0.1) is 10.8 Å². The molecule has 1 aliphatic carbocycles. The van der Waals surface area contributed by atoms with Crippen LogP contribution >= 0.6 is 0 Å². The van der Waals surface area contributed by atoms with Crippen molar-refractivity contribution in [3.8, 4) is 5.88 Å². The van der Waals surface area contributed by atoms with Crippen LogP contribution in [-0.2, 0) is 11.4 Å². The Balaban J connectivity index is 1.41. The van der Waals surface area contributed by atoms with E-state index in [0.717, 1.165) is 25.0 Å². The molecule has 32 heavy (non-hydrogen) atoms. The Kier molecular flexibility index (Phi) is 6.00. The minimum Gasteiger partial charge on any atom is -0.469 e. The van der Waals surface area contributed by atoms with Gasteiger partial charge in [0.15, 0.2) is 12.4 Å². The molecule has 1 saturated carbocycles. The first-order valence-electron chi connectivity index (χ1n) is 11.4. The third-order valence-corrected chi connectivity index (χ3v) is 6.46. The molecule has 3 heterocycles. The lowest BCUT2D eigenvalue weighted by Crippen LogP contribution is -2.49. The molecular formula is C24H34N4O4. The van der Waals surface area contributed by atoms with Gasteiger partial charge in [0.25, 0.3) is 0 Å². The van der Waals surface area contributed by atoms with Crippen LogP contribution in [0.5, 0.6) is 5.88 Å². The molecule has 1 unspecified atom stereocenters. The van der Waals surface area contributed by atoms with Gasteiger partial charge in [-0.25, -0.2) is 9.97 Å². The van der Waals surface area contributed by atoms with E-state index in [2.05, 4.69) is 42.8 Å². The number of ether oxygens (including phenoxy) is 1. The summed E-state index contributed by atoms with van der Waals surface area (Å²) in [5.41, 5.74) is -0.235. The average molecular weight is 443 g/mol. The number of amides is 1. The van der Waals surface area contributed by atoms with Gasteiger partial charge in [0, 0.05) is 24.9 Å². The van der Waals surface area contributed by atoms with Gasteiger partial charge < -0.3 is 19.3 Å². The molecule has 2 aromatic rings. The standard InChI is InChI=1S/C24H34N4O4/c1-22(2)13-23(3,4)15-24(30,14-22)11-21(29)28-9-5-6-19(28)18-10-17(32-27-18)12-31-20-7-8-25-16-26-20/h7-8,10,16,19,30H,5-6,9,11-15H2,1-4H3. The summed E-state index contributed by atoms with van der Waals surface area (Å²) in [6.45, 7) is 9.61. The van der Waals surface area contributed by atoms with Crippen LogP contribution in [0.3, 0.4) is 0 Å². The van der Waals surface area contributed by atoms with E-state index in [0.29, 0.717) is 31.0 Å². The number of aliphatic hydroxyl groups is 1. The zero-order chi connectivity index (χ0) is 23.0. The van der Waals surface area contributed by atoms with E-state index in [1.165, 1.54) is 6.33 Å². The summed E-state index contributed by atoms with van der Waals surface area (Å²) >= 11 is 0. The Morgan fingerprint density at radius 1 is 1.25 bits per heavy atom. The molecule has 1 atom stereocenters. The largest absolute Gasteiger partial charge is 0.469 e. The van der Waals surface area contributed by atoms with Gasteiger partial charge in [-0.3, -0.25) is 4.79 Å². The summed E-state index contributed by atoms with van der Waals surface area (Å²) in [5.74, 6) is 1.03. The number of carbonyl (C=O) groups is 1. The lowest BCUT2D eigenvalue weighted by molar-refractivity contribution is -0.145. The summed E-state index contributed by atoms with van der Waals surface area (Å²) in [5, 5.41) is 15.6. The smallest absolute Gasteiger partial charge is 0.226 e. The lowest BCUT2D eigenvalue weighted by Gasteiger charge is -2.49. The maximum Gasteiger partial charge on any atom is 0.226 e. The quantitative estimate of drug-likeness (QED) is 0.720. The van der Waals surface area contributed by atoms with Crippen molar-refractivity contribution in [1.29, 1.82) is 0 Å². The predicted molar refractivity (Wildman–Crippen MR) is 118 cm³/mol. The van der Waals surface area contributed by atoms with Crippen molar-refractivity contribution in [2.45, 2.75) is 84.5 Å². The van der Waals surface area contributed by atoms with Crippen LogP contribution in [-0.4, -0.2) is 43.2 Å². The van der Waals surface area contributed by atoms with Crippen LogP contribution in [0.4, 0.5) is 0 Å². The van der Waals surface area contributed by atoms with Crippen LogP contribution in [0.25, 0.3) is 0 Å². The highest BCUT2D eigenvalue weighted by molar-refractivity contribution is 5.78. The highest BCUT2D eigenvalue weighted by atomic mass is 16.5. The molecule has 1 saturated heterocycles. The van der Waals surface area contributed by atoms with E-state index >= 15 is 0 Å². The van der Waals surface area contributed by atoms with Crippen molar-refractivity contribution in [2.24, 2.45) is 10.8 Å². The maximum atomic E-state index is 13.3. The fourth-order valence-corrected chi connectivity index (χ4v) is 6.21. The van der Waals surface area contributed by atoms with E-state index in [4.69, 9.17) is 9.26 Å². The van der Waals surface area contributed by atoms with Gasteiger partial charge in [-0.2, -0.15) is 0 Å². The first kappa shape index (κ1) is 22.7. The molecule has 1 aliphatic heterocycles. The summed E-state index contributed by atoms with van der Waals surface area (Å²) in [6, 6.07) is 3.39. The van der Waals surface area contributed by atoms with Crippen molar-refractivity contribution in [3.63, 3.8) is 0 Å². The molecule has 174 valence electrons. The first-order valence-corrected chi connectivity index (χ1v) is 11.4. The van der Waals surface area contributed by atoms with Gasteiger partial charge in [0.1, 0.15) is 12.0 Å². The Labute approximate surface area is 189 Å². The Morgan fingerprint density at radius 2 is 2.00 bits per heavy atom. The van der Waals surface area contributed by atoms with E-state index in [1.807, 2.05) is 11.0 Å². The number of carbonyl (C=O) groups excluding carboxylic acids is 1. The molecule has 4 rings (SSSR count). The van der Waals surface area contributed by atoms with Gasteiger partial charge >= 0.3 is 0 Å². The third-order valence-electron chi connectivity index (χ3n) is 6.46. The molecule has 2 fully saturated rings. The number of aromatic nitrogens is 3. The number of likely N-dealkylation sites (tertiary alicyclic amines) is 1. The van der Waals surface area contributed by atoms with Crippen LogP contribution < -0.4 is 4.74 Å². The molecular weight excluding hydrogens is 408 g/mol. The minimum atomic E-state index is -0.976. The van der Waals surface area contributed by atoms with Gasteiger partial charge in [-0.15, -0.1) is 0 Å². The van der Waals surface area contributed by atoms with Crippen molar-refractivity contribution in [2.75, 3.05) is 6.54 Å². The summed E-state index contributed by atoms with van der Waals surface area (Å²) in [7, 11) is 0. The zero-order valence-corrected chi connectivity index (χ0v) is 19.5. The molecule has 2 aromatic heterocycles. The Bertz CT molecular complexity index is 924. The monoisotopic (exact) mass is 442 g/mol. The number of rotatable bonds is 6.